The lowest BCUT2D eigenvalue weighted by molar-refractivity contribution is -0.415. The zero-order valence-electron chi connectivity index (χ0n) is 6.53. The van der Waals surface area contributed by atoms with Gasteiger partial charge in [-0.25, -0.2) is 0 Å². The van der Waals surface area contributed by atoms with Crippen molar-refractivity contribution >= 4 is 12.0 Å². The Bertz CT molecular complexity index is 234. The molecule has 66 valence electrons. The zero-order chi connectivity index (χ0) is 9.56. The average molecular weight is 171 g/mol. The highest BCUT2D eigenvalue weighted by Gasteiger charge is 2.15. The molecule has 6 nitrogen and oxygen atoms in total. The van der Waals surface area contributed by atoms with Crippen molar-refractivity contribution in [3.63, 3.8) is 0 Å². The molecule has 0 unspecified atom stereocenters. The van der Waals surface area contributed by atoms with Crippen LogP contribution in [0.25, 0.3) is 0 Å². The molecule has 0 fully saturated rings. The minimum Gasteiger partial charge on any atom is -0.388 e. The number of allylic oxidation sites excluding steroid dienone is 1. The normalized spacial score (nSPS) is 10.6. The van der Waals surface area contributed by atoms with Crippen molar-refractivity contribution in [2.24, 2.45) is 0 Å². The summed E-state index contributed by atoms with van der Waals surface area (Å²) in [6, 6.07) is 0. The summed E-state index contributed by atoms with van der Waals surface area (Å²) < 4.78 is 0. The van der Waals surface area contributed by atoms with Crippen LogP contribution in [0, 0.1) is 15.5 Å². The summed E-state index contributed by atoms with van der Waals surface area (Å²) in [4.78, 5) is 19.5. The first-order valence-corrected chi connectivity index (χ1v) is 3.16. The van der Waals surface area contributed by atoms with E-state index in [0.29, 0.717) is 6.29 Å². The lowest BCUT2D eigenvalue weighted by atomic mass is 10.2. The van der Waals surface area contributed by atoms with E-state index in [-0.39, 0.29) is 17.8 Å². The number of rotatable bonds is 5. The molecule has 0 aromatic rings. The molecule has 12 heavy (non-hydrogen) atoms. The number of nitrogens with one attached hydrogen (secondary N) is 2. The monoisotopic (exact) mass is 171 g/mol. The molecule has 6 heteroatoms. The Kier molecular flexibility index (Phi) is 4.28. The third-order valence-corrected chi connectivity index (χ3v) is 1.07. The van der Waals surface area contributed by atoms with E-state index in [4.69, 9.17) is 5.41 Å². The van der Waals surface area contributed by atoms with E-state index in [9.17, 15) is 14.9 Å². The lowest BCUT2D eigenvalue weighted by Gasteiger charge is -1.96. The number of carbonyl (C=O) groups is 1. The van der Waals surface area contributed by atoms with Crippen LogP contribution in [0.3, 0.4) is 0 Å². The molecule has 0 spiro atoms. The number of aldehydes is 1. The van der Waals surface area contributed by atoms with Gasteiger partial charge < -0.3 is 10.1 Å². The van der Waals surface area contributed by atoms with Crippen molar-refractivity contribution in [1.29, 1.82) is 5.41 Å². The summed E-state index contributed by atoms with van der Waals surface area (Å²) in [5, 5.41) is 19.8. The van der Waals surface area contributed by atoms with Gasteiger partial charge in [-0.1, -0.05) is 0 Å². The Labute approximate surface area is 68.9 Å². The number of nitrogens with zero attached hydrogens (tertiary/aromatic N) is 1. The Hall–Kier alpha value is -1.72. The van der Waals surface area contributed by atoms with Gasteiger partial charge in [-0.2, -0.15) is 0 Å². The van der Waals surface area contributed by atoms with Crippen LogP contribution in [0.5, 0.6) is 0 Å². The maximum absolute atomic E-state index is 10.2. The summed E-state index contributed by atoms with van der Waals surface area (Å²) in [5.41, 5.74) is -0.686. The van der Waals surface area contributed by atoms with Gasteiger partial charge in [0.15, 0.2) is 0 Å². The van der Waals surface area contributed by atoms with Crippen molar-refractivity contribution in [3.05, 3.63) is 22.0 Å². The molecule has 0 radical (unpaired) electrons. The molecule has 0 aliphatic heterocycles. The second kappa shape index (κ2) is 5.00. The van der Waals surface area contributed by atoms with E-state index in [1.165, 1.54) is 7.05 Å². The van der Waals surface area contributed by atoms with E-state index >= 15 is 0 Å². The SMILES string of the molecule is CN/C=C(\C(=N)CC=O)[N+](=O)[O-]. The smallest absolute Gasteiger partial charge is 0.305 e. The third kappa shape index (κ3) is 2.91. The second-order valence-corrected chi connectivity index (χ2v) is 1.92. The maximum Gasteiger partial charge on any atom is 0.305 e. The maximum atomic E-state index is 10.2. The van der Waals surface area contributed by atoms with Crippen molar-refractivity contribution in [2.45, 2.75) is 6.42 Å². The van der Waals surface area contributed by atoms with Gasteiger partial charge in [-0.15, -0.1) is 0 Å². The van der Waals surface area contributed by atoms with E-state index in [2.05, 4.69) is 5.32 Å². The average Bonchev–Trinajstić information content (AvgIpc) is 1.99. The van der Waals surface area contributed by atoms with Gasteiger partial charge in [0.05, 0.1) is 17.5 Å². The topological polar surface area (TPSA) is 96.1 Å². The molecule has 0 aromatic heterocycles. The Morgan fingerprint density at radius 3 is 2.67 bits per heavy atom. The molecule has 0 aliphatic carbocycles. The number of hydrogen-bond donors (Lipinski definition) is 2. The molecule has 0 heterocycles. The highest BCUT2D eigenvalue weighted by molar-refractivity contribution is 6.02. The van der Waals surface area contributed by atoms with Gasteiger partial charge in [0.25, 0.3) is 0 Å². The highest BCUT2D eigenvalue weighted by Crippen LogP contribution is 1.98. The van der Waals surface area contributed by atoms with E-state index in [0.717, 1.165) is 6.20 Å². The minimum absolute atomic E-state index is 0.242. The van der Waals surface area contributed by atoms with E-state index < -0.39 is 4.92 Å². The lowest BCUT2D eigenvalue weighted by Crippen LogP contribution is -2.14. The Morgan fingerprint density at radius 1 is 1.75 bits per heavy atom. The van der Waals surface area contributed by atoms with Crippen LogP contribution in [-0.2, 0) is 4.79 Å². The molecular weight excluding hydrogens is 162 g/mol. The zero-order valence-corrected chi connectivity index (χ0v) is 6.53. The van der Waals surface area contributed by atoms with Crippen LogP contribution in [-0.4, -0.2) is 24.0 Å². The van der Waals surface area contributed by atoms with Crippen LogP contribution in [0.15, 0.2) is 11.9 Å². The fourth-order valence-electron chi connectivity index (χ4n) is 0.575. The molecule has 0 atom stereocenters. The first-order valence-electron chi connectivity index (χ1n) is 3.16. The molecule has 0 saturated heterocycles. The van der Waals surface area contributed by atoms with Crippen molar-refractivity contribution < 1.29 is 9.72 Å². The van der Waals surface area contributed by atoms with Crippen LogP contribution in [0.1, 0.15) is 6.42 Å². The molecule has 0 bridgehead atoms. The molecule has 0 saturated carbocycles. The minimum atomic E-state index is -0.706. The van der Waals surface area contributed by atoms with Crippen molar-refractivity contribution in [2.75, 3.05) is 7.05 Å². The summed E-state index contributed by atoms with van der Waals surface area (Å²) in [5.74, 6) is 0. The molecule has 0 aromatic carbocycles. The first-order chi connectivity index (χ1) is 5.63. The first kappa shape index (κ1) is 10.3. The van der Waals surface area contributed by atoms with E-state index in [1.807, 2.05) is 0 Å². The standard InChI is InChI=1S/C6H9N3O3/c1-8-4-6(9(11)12)5(7)2-3-10/h3-4,7-8H,2H2,1H3/b6-4+,7-5?. The number of hydrogen-bond acceptors (Lipinski definition) is 5. The molecule has 2 N–H and O–H groups in total. The molecule has 0 rings (SSSR count). The van der Waals surface area contributed by atoms with Crippen LogP contribution >= 0.6 is 0 Å². The van der Waals surface area contributed by atoms with Gasteiger partial charge in [-0.3, -0.25) is 15.5 Å². The Morgan fingerprint density at radius 2 is 2.33 bits per heavy atom. The third-order valence-electron chi connectivity index (χ3n) is 1.07. The largest absolute Gasteiger partial charge is 0.388 e. The van der Waals surface area contributed by atoms with Crippen molar-refractivity contribution in [1.82, 2.24) is 5.32 Å². The fourth-order valence-corrected chi connectivity index (χ4v) is 0.575. The van der Waals surface area contributed by atoms with Crippen molar-refractivity contribution in [3.8, 4) is 0 Å². The van der Waals surface area contributed by atoms with Gasteiger partial charge in [0, 0.05) is 7.05 Å². The number of carbonyl (C=O) groups excluding carboxylic acids is 1. The highest BCUT2D eigenvalue weighted by atomic mass is 16.6. The Balaban J connectivity index is 4.51. The summed E-state index contributed by atoms with van der Waals surface area (Å²) in [6.07, 6.45) is 1.29. The van der Waals surface area contributed by atoms with Crippen LogP contribution < -0.4 is 5.32 Å². The summed E-state index contributed by atoms with van der Waals surface area (Å²) in [6.45, 7) is 0. The molecule has 0 amide bonds. The van der Waals surface area contributed by atoms with E-state index in [1.54, 1.807) is 0 Å². The van der Waals surface area contributed by atoms with Crippen LogP contribution in [0.2, 0.25) is 0 Å². The van der Waals surface area contributed by atoms with Gasteiger partial charge in [0.1, 0.15) is 12.0 Å². The molecule has 0 aliphatic rings. The number of nitro groups is 1. The summed E-state index contributed by atoms with van der Waals surface area (Å²) >= 11 is 0. The van der Waals surface area contributed by atoms with Gasteiger partial charge in [0.2, 0.25) is 0 Å². The van der Waals surface area contributed by atoms with Crippen LogP contribution in [0.4, 0.5) is 0 Å². The predicted molar refractivity (Wildman–Crippen MR) is 42.5 cm³/mol. The fraction of sp³-hybridized carbons (Fsp3) is 0.333. The second-order valence-electron chi connectivity index (χ2n) is 1.92. The van der Waals surface area contributed by atoms with Gasteiger partial charge >= 0.3 is 5.70 Å². The summed E-state index contributed by atoms with van der Waals surface area (Å²) in [7, 11) is 1.48. The quantitative estimate of drug-likeness (QED) is 0.262. The predicted octanol–water partition coefficient (Wildman–Crippen LogP) is -0.0673. The molecular formula is C6H9N3O3. The van der Waals surface area contributed by atoms with Gasteiger partial charge in [-0.05, 0) is 0 Å².